The number of carbonyl (C=O) groups is 2. The van der Waals surface area contributed by atoms with E-state index in [0.717, 1.165) is 5.56 Å². The molecule has 0 heterocycles. The Kier molecular flexibility index (Phi) is 7.18. The Hall–Kier alpha value is -2.14. The van der Waals surface area contributed by atoms with Crippen LogP contribution in [0.3, 0.4) is 0 Å². The highest BCUT2D eigenvalue weighted by molar-refractivity contribution is 6.17. The molecular weight excluding hydrogens is 270 g/mol. The van der Waals surface area contributed by atoms with E-state index in [1.54, 1.807) is 25.9 Å². The van der Waals surface area contributed by atoms with E-state index in [1.165, 1.54) is 6.20 Å². The zero-order valence-corrected chi connectivity index (χ0v) is 12.7. The van der Waals surface area contributed by atoms with Gasteiger partial charge in [-0.2, -0.15) is 0 Å². The number of nitrogens with zero attached hydrogens (tertiary/aromatic N) is 1. The molecule has 0 aliphatic carbocycles. The summed E-state index contributed by atoms with van der Waals surface area (Å²) in [4.78, 5) is 25.5. The number of carbonyl (C=O) groups excluding carboxylic acids is 2. The highest BCUT2D eigenvalue weighted by Crippen LogP contribution is 2.05. The van der Waals surface area contributed by atoms with Crippen molar-refractivity contribution < 1.29 is 19.1 Å². The van der Waals surface area contributed by atoms with Crippen molar-refractivity contribution in [1.82, 2.24) is 4.90 Å². The van der Waals surface area contributed by atoms with Gasteiger partial charge < -0.3 is 14.4 Å². The minimum Gasteiger partial charge on any atom is -0.462 e. The maximum absolute atomic E-state index is 12.1. The van der Waals surface area contributed by atoms with Crippen molar-refractivity contribution in [1.29, 1.82) is 0 Å². The first-order valence-corrected chi connectivity index (χ1v) is 6.74. The Balaban J connectivity index is 2.59. The Morgan fingerprint density at radius 1 is 1.19 bits per heavy atom. The quantitative estimate of drug-likeness (QED) is 0.316. The molecule has 0 atom stereocenters. The van der Waals surface area contributed by atoms with Crippen molar-refractivity contribution in [3.8, 4) is 0 Å². The van der Waals surface area contributed by atoms with Crippen LogP contribution in [0.1, 0.15) is 12.5 Å². The third-order valence-electron chi connectivity index (χ3n) is 2.53. The van der Waals surface area contributed by atoms with Gasteiger partial charge in [0.2, 0.25) is 0 Å². The number of hydrogen-bond donors (Lipinski definition) is 0. The van der Waals surface area contributed by atoms with E-state index in [2.05, 4.69) is 0 Å². The third kappa shape index (κ3) is 6.23. The van der Waals surface area contributed by atoms with Crippen LogP contribution in [0.5, 0.6) is 0 Å². The van der Waals surface area contributed by atoms with E-state index in [1.807, 2.05) is 30.3 Å². The second-order valence-corrected chi connectivity index (χ2v) is 4.63. The monoisotopic (exact) mass is 291 g/mol. The Morgan fingerprint density at radius 3 is 2.43 bits per heavy atom. The molecule has 0 aromatic heterocycles. The minimum absolute atomic E-state index is 0.00471. The molecule has 0 fully saturated rings. The number of hydrogen-bond acceptors (Lipinski definition) is 5. The van der Waals surface area contributed by atoms with Gasteiger partial charge in [0.25, 0.3) is 0 Å². The standard InChI is InChI=1S/C16H21NO4/c1-4-21-16(19)14(10-17(2)3)15(18)12-20-11-13-8-6-5-7-9-13/h5-10H,4,11-12H2,1-3H3/b14-10-. The molecule has 0 aliphatic rings. The molecule has 114 valence electrons. The molecule has 0 aliphatic heterocycles. The lowest BCUT2D eigenvalue weighted by atomic mass is 10.2. The van der Waals surface area contributed by atoms with Crippen molar-refractivity contribution in [2.24, 2.45) is 0 Å². The fraction of sp³-hybridized carbons (Fsp3) is 0.375. The third-order valence-corrected chi connectivity index (χ3v) is 2.53. The lowest BCUT2D eigenvalue weighted by Crippen LogP contribution is -2.22. The Labute approximate surface area is 125 Å². The van der Waals surface area contributed by atoms with Crippen molar-refractivity contribution in [2.45, 2.75) is 13.5 Å². The fourth-order valence-corrected chi connectivity index (χ4v) is 1.62. The molecule has 1 aromatic rings. The Bertz CT molecular complexity index is 494. The smallest absolute Gasteiger partial charge is 0.343 e. The summed E-state index contributed by atoms with van der Waals surface area (Å²) in [6.45, 7) is 2.08. The maximum Gasteiger partial charge on any atom is 0.343 e. The second kappa shape index (κ2) is 8.92. The molecule has 0 spiro atoms. The molecule has 21 heavy (non-hydrogen) atoms. The Morgan fingerprint density at radius 2 is 1.86 bits per heavy atom. The van der Waals surface area contributed by atoms with Gasteiger partial charge in [0.1, 0.15) is 12.2 Å². The van der Waals surface area contributed by atoms with E-state index < -0.39 is 11.8 Å². The summed E-state index contributed by atoms with van der Waals surface area (Å²) in [7, 11) is 3.47. The van der Waals surface area contributed by atoms with Crippen LogP contribution in [0.4, 0.5) is 0 Å². The number of ether oxygens (including phenoxy) is 2. The second-order valence-electron chi connectivity index (χ2n) is 4.63. The molecular formula is C16H21NO4. The largest absolute Gasteiger partial charge is 0.462 e. The van der Waals surface area contributed by atoms with Crippen LogP contribution in [-0.2, 0) is 25.7 Å². The average molecular weight is 291 g/mol. The van der Waals surface area contributed by atoms with E-state index in [4.69, 9.17) is 9.47 Å². The first-order chi connectivity index (χ1) is 10.0. The summed E-state index contributed by atoms with van der Waals surface area (Å²) < 4.78 is 10.2. The van der Waals surface area contributed by atoms with Crippen LogP contribution in [0.25, 0.3) is 0 Å². The summed E-state index contributed by atoms with van der Waals surface area (Å²) in [5, 5.41) is 0. The molecule has 0 N–H and O–H groups in total. The summed E-state index contributed by atoms with van der Waals surface area (Å²) in [6.07, 6.45) is 1.45. The van der Waals surface area contributed by atoms with Crippen LogP contribution in [0.2, 0.25) is 0 Å². The van der Waals surface area contributed by atoms with Crippen LogP contribution in [0, 0.1) is 0 Å². The summed E-state index contributed by atoms with van der Waals surface area (Å²) in [5.74, 6) is -1.02. The van der Waals surface area contributed by atoms with Gasteiger partial charge in [-0.1, -0.05) is 30.3 Å². The first kappa shape index (κ1) is 16.9. The van der Waals surface area contributed by atoms with E-state index in [-0.39, 0.29) is 18.8 Å². The maximum atomic E-state index is 12.1. The molecule has 1 rings (SSSR count). The van der Waals surface area contributed by atoms with Gasteiger partial charge in [-0.25, -0.2) is 4.79 Å². The highest BCUT2D eigenvalue weighted by atomic mass is 16.5. The number of ketones is 1. The molecule has 5 heteroatoms. The number of esters is 1. The van der Waals surface area contributed by atoms with Gasteiger partial charge in [0.05, 0.1) is 13.2 Å². The predicted molar refractivity (Wildman–Crippen MR) is 79.5 cm³/mol. The van der Waals surface area contributed by atoms with Crippen molar-refractivity contribution in [3.63, 3.8) is 0 Å². The van der Waals surface area contributed by atoms with E-state index >= 15 is 0 Å². The van der Waals surface area contributed by atoms with Crippen molar-refractivity contribution in [2.75, 3.05) is 27.3 Å². The average Bonchev–Trinajstić information content (AvgIpc) is 2.45. The molecule has 0 radical (unpaired) electrons. The minimum atomic E-state index is -0.625. The molecule has 0 saturated heterocycles. The normalized spacial score (nSPS) is 11.1. The van der Waals surface area contributed by atoms with Gasteiger partial charge in [-0.05, 0) is 12.5 Å². The van der Waals surface area contributed by atoms with Gasteiger partial charge in [0.15, 0.2) is 5.78 Å². The molecule has 0 saturated carbocycles. The zero-order chi connectivity index (χ0) is 15.7. The molecule has 0 amide bonds. The van der Waals surface area contributed by atoms with Crippen molar-refractivity contribution in [3.05, 3.63) is 47.7 Å². The van der Waals surface area contributed by atoms with Gasteiger partial charge >= 0.3 is 5.97 Å². The van der Waals surface area contributed by atoms with E-state index in [0.29, 0.717) is 6.61 Å². The molecule has 5 nitrogen and oxygen atoms in total. The predicted octanol–water partition coefficient (Wildman–Crippen LogP) is 1.78. The van der Waals surface area contributed by atoms with Crippen molar-refractivity contribution >= 4 is 11.8 Å². The lowest BCUT2D eigenvalue weighted by Gasteiger charge is -2.11. The van der Waals surface area contributed by atoms with Gasteiger partial charge in [-0.3, -0.25) is 4.79 Å². The van der Waals surface area contributed by atoms with Gasteiger partial charge in [0, 0.05) is 20.3 Å². The van der Waals surface area contributed by atoms with Gasteiger partial charge in [-0.15, -0.1) is 0 Å². The molecule has 1 aromatic carbocycles. The summed E-state index contributed by atoms with van der Waals surface area (Å²) in [5.41, 5.74) is 0.967. The highest BCUT2D eigenvalue weighted by Gasteiger charge is 2.20. The number of Topliss-reactive ketones (excluding diaryl/α,β-unsaturated/α-hetero) is 1. The fourth-order valence-electron chi connectivity index (χ4n) is 1.62. The SMILES string of the molecule is CCOC(=O)/C(=C\N(C)C)C(=O)COCc1ccccc1. The van der Waals surface area contributed by atoms with Crippen LogP contribution < -0.4 is 0 Å². The van der Waals surface area contributed by atoms with Crippen LogP contribution >= 0.6 is 0 Å². The van der Waals surface area contributed by atoms with Crippen LogP contribution in [0.15, 0.2) is 42.1 Å². The lowest BCUT2D eigenvalue weighted by molar-refractivity contribution is -0.140. The zero-order valence-electron chi connectivity index (χ0n) is 12.7. The number of rotatable bonds is 8. The summed E-state index contributed by atoms with van der Waals surface area (Å²) >= 11 is 0. The molecule has 0 bridgehead atoms. The topological polar surface area (TPSA) is 55.8 Å². The summed E-state index contributed by atoms with van der Waals surface area (Å²) in [6, 6.07) is 9.53. The first-order valence-electron chi connectivity index (χ1n) is 6.74. The molecule has 0 unspecified atom stereocenters. The van der Waals surface area contributed by atoms with Crippen LogP contribution in [-0.4, -0.2) is 44.0 Å². The van der Waals surface area contributed by atoms with E-state index in [9.17, 15) is 9.59 Å². The number of benzene rings is 1.